The van der Waals surface area contributed by atoms with Crippen molar-refractivity contribution in [2.75, 3.05) is 32.8 Å². The van der Waals surface area contributed by atoms with Crippen LogP contribution in [0.3, 0.4) is 0 Å². The van der Waals surface area contributed by atoms with Gasteiger partial charge in [-0.1, -0.05) is 43.3 Å². The van der Waals surface area contributed by atoms with Gasteiger partial charge in [-0.2, -0.15) is 0 Å². The van der Waals surface area contributed by atoms with Gasteiger partial charge >= 0.3 is 0 Å². The highest BCUT2D eigenvalue weighted by atomic mass is 16.5. The predicted molar refractivity (Wildman–Crippen MR) is 87.7 cm³/mol. The fourth-order valence-corrected chi connectivity index (χ4v) is 3.09. The van der Waals surface area contributed by atoms with Gasteiger partial charge in [0.15, 0.2) is 0 Å². The van der Waals surface area contributed by atoms with Gasteiger partial charge in [-0.05, 0) is 36.4 Å². The van der Waals surface area contributed by atoms with Crippen LogP contribution in [0, 0.1) is 5.41 Å². The molecule has 1 saturated heterocycles. The topological polar surface area (TPSA) is 38.5 Å². The summed E-state index contributed by atoms with van der Waals surface area (Å²) in [5.41, 5.74) is 6.15. The molecular weight excluding hydrogens is 260 g/mol. The van der Waals surface area contributed by atoms with Gasteiger partial charge in [0.05, 0.1) is 0 Å². The summed E-state index contributed by atoms with van der Waals surface area (Å²) in [6.07, 6.45) is 1.19. The van der Waals surface area contributed by atoms with Crippen molar-refractivity contribution in [1.29, 1.82) is 0 Å². The molecule has 1 fully saturated rings. The predicted octanol–water partition coefficient (Wildman–Crippen LogP) is 2.89. The third-order valence-electron chi connectivity index (χ3n) is 4.54. The molecule has 0 saturated carbocycles. The van der Waals surface area contributed by atoms with Crippen molar-refractivity contribution >= 4 is 10.8 Å². The molecule has 112 valence electrons. The van der Waals surface area contributed by atoms with E-state index in [1.165, 1.54) is 17.2 Å². The molecule has 0 amide bonds. The minimum Gasteiger partial charge on any atom is -0.492 e. The Labute approximate surface area is 126 Å². The first kappa shape index (κ1) is 14.4. The van der Waals surface area contributed by atoms with Crippen LogP contribution in [0.4, 0.5) is 0 Å². The van der Waals surface area contributed by atoms with Gasteiger partial charge in [0, 0.05) is 18.5 Å². The van der Waals surface area contributed by atoms with Crippen molar-refractivity contribution in [3.05, 3.63) is 42.5 Å². The fourth-order valence-electron chi connectivity index (χ4n) is 3.09. The van der Waals surface area contributed by atoms with E-state index in [2.05, 4.69) is 54.3 Å². The van der Waals surface area contributed by atoms with E-state index in [9.17, 15) is 0 Å². The lowest BCUT2D eigenvalue weighted by molar-refractivity contribution is 0.221. The second-order valence-corrected chi connectivity index (χ2v) is 6.37. The van der Waals surface area contributed by atoms with Gasteiger partial charge in [-0.15, -0.1) is 0 Å². The lowest BCUT2D eigenvalue weighted by Crippen LogP contribution is -2.33. The van der Waals surface area contributed by atoms with Crippen molar-refractivity contribution < 1.29 is 4.74 Å². The summed E-state index contributed by atoms with van der Waals surface area (Å²) in [6, 6.07) is 14.6. The van der Waals surface area contributed by atoms with Crippen LogP contribution in [0.25, 0.3) is 10.8 Å². The van der Waals surface area contributed by atoms with Crippen molar-refractivity contribution in [2.24, 2.45) is 11.1 Å². The quantitative estimate of drug-likeness (QED) is 0.917. The number of likely N-dealkylation sites (tertiary alicyclic amines) is 1. The summed E-state index contributed by atoms with van der Waals surface area (Å²) in [5.74, 6) is 0.980. The molecule has 2 N–H and O–H groups in total. The van der Waals surface area contributed by atoms with Crippen LogP contribution in [-0.2, 0) is 0 Å². The summed E-state index contributed by atoms with van der Waals surface area (Å²) in [5, 5.41) is 2.42. The Balaban J connectivity index is 1.58. The number of rotatable bonds is 5. The molecule has 3 rings (SSSR count). The maximum atomic E-state index is 6.01. The van der Waals surface area contributed by atoms with Crippen LogP contribution < -0.4 is 10.5 Å². The standard InChI is InChI=1S/C18H24N2O/c1-18(13-19)9-10-20(14-18)11-12-21-17-8-4-6-15-5-2-3-7-16(15)17/h2-8H,9-14,19H2,1H3. The first-order chi connectivity index (χ1) is 10.2. The number of benzene rings is 2. The Bertz CT molecular complexity index is 608. The van der Waals surface area contributed by atoms with E-state index in [4.69, 9.17) is 10.5 Å². The van der Waals surface area contributed by atoms with Gasteiger partial charge in [-0.3, -0.25) is 4.90 Å². The van der Waals surface area contributed by atoms with E-state index in [1.807, 2.05) is 0 Å². The normalized spacial score (nSPS) is 22.8. The zero-order chi connectivity index (χ0) is 14.7. The molecule has 0 aliphatic carbocycles. The molecule has 21 heavy (non-hydrogen) atoms. The number of nitrogens with zero attached hydrogens (tertiary/aromatic N) is 1. The molecule has 2 aromatic carbocycles. The molecule has 3 heteroatoms. The Morgan fingerprint density at radius 3 is 2.81 bits per heavy atom. The summed E-state index contributed by atoms with van der Waals surface area (Å²) >= 11 is 0. The van der Waals surface area contributed by atoms with Gasteiger partial charge in [0.2, 0.25) is 0 Å². The first-order valence-electron chi connectivity index (χ1n) is 7.73. The number of hydrogen-bond acceptors (Lipinski definition) is 3. The second kappa shape index (κ2) is 6.04. The molecule has 2 aromatic rings. The van der Waals surface area contributed by atoms with E-state index in [-0.39, 0.29) is 0 Å². The van der Waals surface area contributed by atoms with Crippen LogP contribution in [0.1, 0.15) is 13.3 Å². The Hall–Kier alpha value is -1.58. The largest absolute Gasteiger partial charge is 0.492 e. The lowest BCUT2D eigenvalue weighted by atomic mass is 9.90. The molecule has 1 aliphatic rings. The van der Waals surface area contributed by atoms with E-state index in [0.29, 0.717) is 5.41 Å². The molecule has 3 nitrogen and oxygen atoms in total. The van der Waals surface area contributed by atoms with E-state index >= 15 is 0 Å². The maximum Gasteiger partial charge on any atom is 0.127 e. The third-order valence-corrected chi connectivity index (χ3v) is 4.54. The third kappa shape index (κ3) is 3.20. The van der Waals surface area contributed by atoms with Gasteiger partial charge < -0.3 is 10.5 Å². The average molecular weight is 284 g/mol. The van der Waals surface area contributed by atoms with Crippen molar-refractivity contribution in [1.82, 2.24) is 4.90 Å². The fraction of sp³-hybridized carbons (Fsp3) is 0.444. The molecule has 1 unspecified atom stereocenters. The molecule has 0 radical (unpaired) electrons. The molecule has 1 atom stereocenters. The van der Waals surface area contributed by atoms with Crippen LogP contribution in [-0.4, -0.2) is 37.7 Å². The smallest absolute Gasteiger partial charge is 0.127 e. The van der Waals surface area contributed by atoms with Gasteiger partial charge in [0.25, 0.3) is 0 Å². The Morgan fingerprint density at radius 1 is 1.19 bits per heavy atom. The number of hydrogen-bond donors (Lipinski definition) is 1. The van der Waals surface area contributed by atoms with Crippen LogP contribution in [0.2, 0.25) is 0 Å². The van der Waals surface area contributed by atoms with Crippen molar-refractivity contribution in [2.45, 2.75) is 13.3 Å². The monoisotopic (exact) mass is 284 g/mol. The lowest BCUT2D eigenvalue weighted by Gasteiger charge is -2.22. The van der Waals surface area contributed by atoms with E-state index < -0.39 is 0 Å². The van der Waals surface area contributed by atoms with Gasteiger partial charge in [-0.25, -0.2) is 0 Å². The average Bonchev–Trinajstić information content (AvgIpc) is 2.90. The maximum absolute atomic E-state index is 6.01. The molecule has 0 spiro atoms. The molecular formula is C18H24N2O. The van der Waals surface area contributed by atoms with Crippen LogP contribution in [0.15, 0.2) is 42.5 Å². The highest BCUT2D eigenvalue weighted by Gasteiger charge is 2.31. The molecule has 1 heterocycles. The highest BCUT2D eigenvalue weighted by molar-refractivity contribution is 5.88. The number of nitrogens with two attached hydrogens (primary N) is 1. The van der Waals surface area contributed by atoms with Crippen molar-refractivity contribution in [3.63, 3.8) is 0 Å². The Morgan fingerprint density at radius 2 is 2.00 bits per heavy atom. The number of ether oxygens (including phenoxy) is 1. The minimum absolute atomic E-state index is 0.291. The number of fused-ring (bicyclic) bond motifs is 1. The van der Waals surface area contributed by atoms with Crippen molar-refractivity contribution in [3.8, 4) is 5.75 Å². The zero-order valence-electron chi connectivity index (χ0n) is 12.7. The SMILES string of the molecule is CC1(CN)CCN(CCOc2cccc3ccccc23)C1. The van der Waals surface area contributed by atoms with E-state index in [0.717, 1.165) is 38.5 Å². The zero-order valence-corrected chi connectivity index (χ0v) is 12.7. The Kier molecular flexibility index (Phi) is 4.13. The van der Waals surface area contributed by atoms with Crippen LogP contribution >= 0.6 is 0 Å². The molecule has 0 bridgehead atoms. The molecule has 0 aromatic heterocycles. The van der Waals surface area contributed by atoms with E-state index in [1.54, 1.807) is 0 Å². The minimum atomic E-state index is 0.291. The van der Waals surface area contributed by atoms with Gasteiger partial charge in [0.1, 0.15) is 12.4 Å². The first-order valence-corrected chi connectivity index (χ1v) is 7.73. The highest BCUT2D eigenvalue weighted by Crippen LogP contribution is 2.28. The summed E-state index contributed by atoms with van der Waals surface area (Å²) < 4.78 is 6.01. The summed E-state index contributed by atoms with van der Waals surface area (Å²) in [6.45, 7) is 6.97. The second-order valence-electron chi connectivity index (χ2n) is 6.37. The molecule has 1 aliphatic heterocycles. The van der Waals surface area contributed by atoms with Crippen LogP contribution in [0.5, 0.6) is 5.75 Å². The summed E-state index contributed by atoms with van der Waals surface area (Å²) in [4.78, 5) is 2.46. The summed E-state index contributed by atoms with van der Waals surface area (Å²) in [7, 11) is 0.